The summed E-state index contributed by atoms with van der Waals surface area (Å²) < 4.78 is 33.0. The van der Waals surface area contributed by atoms with Crippen LogP contribution in [0.3, 0.4) is 0 Å². The van der Waals surface area contributed by atoms with Gasteiger partial charge in [-0.15, -0.1) is 0 Å². The molecule has 1 unspecified atom stereocenters. The van der Waals surface area contributed by atoms with Crippen LogP contribution in [0.15, 0.2) is 30.3 Å². The zero-order valence-electron chi connectivity index (χ0n) is 11.6. The molecular formula is C17H15BrF2O. The van der Waals surface area contributed by atoms with Crippen LogP contribution in [0.5, 0.6) is 5.75 Å². The number of hydrogen-bond acceptors (Lipinski definition) is 1. The molecule has 0 aromatic heterocycles. The molecule has 1 aliphatic rings. The van der Waals surface area contributed by atoms with Crippen LogP contribution >= 0.6 is 15.9 Å². The van der Waals surface area contributed by atoms with E-state index in [0.717, 1.165) is 42.4 Å². The van der Waals surface area contributed by atoms with E-state index in [1.807, 2.05) is 18.2 Å². The van der Waals surface area contributed by atoms with Crippen LogP contribution < -0.4 is 4.74 Å². The molecule has 0 saturated carbocycles. The van der Waals surface area contributed by atoms with E-state index >= 15 is 0 Å². The summed E-state index contributed by atoms with van der Waals surface area (Å²) in [7, 11) is 0. The van der Waals surface area contributed by atoms with Gasteiger partial charge in [0.2, 0.25) is 0 Å². The topological polar surface area (TPSA) is 9.23 Å². The molecular weight excluding hydrogens is 338 g/mol. The first-order valence-electron chi connectivity index (χ1n) is 6.91. The van der Waals surface area contributed by atoms with Crippen LogP contribution in [0.1, 0.15) is 33.5 Å². The van der Waals surface area contributed by atoms with Crippen molar-refractivity contribution in [1.29, 1.82) is 0 Å². The van der Waals surface area contributed by atoms with E-state index in [-0.39, 0.29) is 4.83 Å². The van der Waals surface area contributed by atoms with Crippen LogP contribution in [-0.4, -0.2) is 6.61 Å². The molecule has 4 heteroatoms. The third-order valence-electron chi connectivity index (χ3n) is 3.78. The lowest BCUT2D eigenvalue weighted by molar-refractivity contribution is 0.288. The van der Waals surface area contributed by atoms with Crippen molar-refractivity contribution in [1.82, 2.24) is 0 Å². The van der Waals surface area contributed by atoms with Crippen LogP contribution in [0.4, 0.5) is 8.78 Å². The zero-order valence-corrected chi connectivity index (χ0v) is 13.2. The van der Waals surface area contributed by atoms with Crippen molar-refractivity contribution in [2.45, 2.75) is 24.6 Å². The van der Waals surface area contributed by atoms with E-state index in [9.17, 15) is 8.78 Å². The maximum absolute atomic E-state index is 14.0. The molecule has 0 saturated heterocycles. The average molecular weight is 353 g/mol. The van der Waals surface area contributed by atoms with Gasteiger partial charge in [-0.05, 0) is 48.6 Å². The molecule has 3 rings (SSSR count). The predicted molar refractivity (Wildman–Crippen MR) is 82.1 cm³/mol. The number of ether oxygens (including phenoxy) is 1. The fourth-order valence-corrected chi connectivity index (χ4v) is 3.23. The van der Waals surface area contributed by atoms with Crippen LogP contribution in [0.25, 0.3) is 0 Å². The maximum Gasteiger partial charge on any atom is 0.130 e. The minimum absolute atomic E-state index is 0.302. The third kappa shape index (κ3) is 2.82. The van der Waals surface area contributed by atoms with Crippen molar-refractivity contribution in [3.8, 4) is 5.75 Å². The molecule has 0 radical (unpaired) electrons. The zero-order chi connectivity index (χ0) is 15.0. The second-order valence-electron chi connectivity index (χ2n) is 5.30. The van der Waals surface area contributed by atoms with E-state index in [0.29, 0.717) is 11.1 Å². The van der Waals surface area contributed by atoms with Crippen molar-refractivity contribution < 1.29 is 13.5 Å². The van der Waals surface area contributed by atoms with Gasteiger partial charge in [-0.3, -0.25) is 0 Å². The molecule has 2 aromatic carbocycles. The highest BCUT2D eigenvalue weighted by atomic mass is 79.9. The van der Waals surface area contributed by atoms with Gasteiger partial charge in [0.25, 0.3) is 0 Å². The van der Waals surface area contributed by atoms with Gasteiger partial charge < -0.3 is 4.74 Å². The Labute approximate surface area is 131 Å². The highest BCUT2D eigenvalue weighted by Crippen LogP contribution is 2.36. The third-order valence-corrected chi connectivity index (χ3v) is 4.80. The Balaban J connectivity index is 1.98. The van der Waals surface area contributed by atoms with Crippen molar-refractivity contribution in [3.05, 3.63) is 64.2 Å². The largest absolute Gasteiger partial charge is 0.493 e. The standard InChI is InChI=1S/C17H15BrF2O/c1-10-7-13(15(20)9-14(10)19)17(18)12-4-5-16-11(8-12)3-2-6-21-16/h4-5,7-9,17H,2-3,6H2,1H3. The molecule has 1 nitrogen and oxygen atoms in total. The summed E-state index contributed by atoms with van der Waals surface area (Å²) in [6.07, 6.45) is 1.96. The molecule has 0 aliphatic carbocycles. The summed E-state index contributed by atoms with van der Waals surface area (Å²) in [6.45, 7) is 2.38. The van der Waals surface area contributed by atoms with Gasteiger partial charge >= 0.3 is 0 Å². The monoisotopic (exact) mass is 352 g/mol. The molecule has 2 aromatic rings. The van der Waals surface area contributed by atoms with Gasteiger partial charge in [-0.25, -0.2) is 8.78 Å². The molecule has 0 fully saturated rings. The van der Waals surface area contributed by atoms with Gasteiger partial charge in [0.1, 0.15) is 17.4 Å². The summed E-state index contributed by atoms with van der Waals surface area (Å²) in [5, 5.41) is 0. The normalized spacial score (nSPS) is 15.2. The summed E-state index contributed by atoms with van der Waals surface area (Å²) in [6, 6.07) is 8.38. The second-order valence-corrected chi connectivity index (χ2v) is 6.22. The Kier molecular flexibility index (Phi) is 3.98. The molecule has 21 heavy (non-hydrogen) atoms. The van der Waals surface area contributed by atoms with Crippen molar-refractivity contribution in [2.75, 3.05) is 6.61 Å². The van der Waals surface area contributed by atoms with Crippen LogP contribution in [-0.2, 0) is 6.42 Å². The highest BCUT2D eigenvalue weighted by Gasteiger charge is 2.19. The molecule has 1 atom stereocenters. The number of alkyl halides is 1. The van der Waals surface area contributed by atoms with Crippen LogP contribution in [0, 0.1) is 18.6 Å². The average Bonchev–Trinajstić information content (AvgIpc) is 2.50. The van der Waals surface area contributed by atoms with Crippen LogP contribution in [0.2, 0.25) is 0 Å². The number of fused-ring (bicyclic) bond motifs is 1. The minimum atomic E-state index is -0.533. The Morgan fingerprint density at radius 3 is 2.76 bits per heavy atom. The lowest BCUT2D eigenvalue weighted by Crippen LogP contribution is -2.09. The number of rotatable bonds is 2. The van der Waals surface area contributed by atoms with Crippen molar-refractivity contribution in [3.63, 3.8) is 0 Å². The smallest absolute Gasteiger partial charge is 0.130 e. The minimum Gasteiger partial charge on any atom is -0.493 e. The van der Waals surface area contributed by atoms with Crippen molar-refractivity contribution in [2.24, 2.45) is 0 Å². The first-order chi connectivity index (χ1) is 10.1. The quantitative estimate of drug-likeness (QED) is 0.684. The maximum atomic E-state index is 14.0. The first kappa shape index (κ1) is 14.5. The molecule has 110 valence electrons. The van der Waals surface area contributed by atoms with Gasteiger partial charge in [0, 0.05) is 11.6 Å². The first-order valence-corrected chi connectivity index (χ1v) is 7.83. The fraction of sp³-hybridized carbons (Fsp3) is 0.294. The van der Waals surface area contributed by atoms with Gasteiger partial charge in [-0.2, -0.15) is 0 Å². The van der Waals surface area contributed by atoms with Gasteiger partial charge in [-0.1, -0.05) is 28.1 Å². The number of halogens is 3. The molecule has 0 bridgehead atoms. The predicted octanol–water partition coefficient (Wildman–Crippen LogP) is 5.08. The van der Waals surface area contributed by atoms with Gasteiger partial charge in [0.15, 0.2) is 0 Å². The Bertz CT molecular complexity index is 685. The molecule has 1 aliphatic heterocycles. The lowest BCUT2D eigenvalue weighted by atomic mass is 9.98. The number of hydrogen-bond donors (Lipinski definition) is 0. The van der Waals surface area contributed by atoms with E-state index in [4.69, 9.17) is 4.74 Å². The summed E-state index contributed by atoms with van der Waals surface area (Å²) >= 11 is 3.53. The van der Waals surface area contributed by atoms with E-state index in [1.165, 1.54) is 0 Å². The van der Waals surface area contributed by atoms with E-state index in [1.54, 1.807) is 13.0 Å². The van der Waals surface area contributed by atoms with E-state index in [2.05, 4.69) is 15.9 Å². The molecule has 0 spiro atoms. The summed E-state index contributed by atoms with van der Waals surface area (Å²) in [5.41, 5.74) is 2.98. The Hall–Kier alpha value is -1.42. The number of aryl methyl sites for hydroxylation is 2. The highest BCUT2D eigenvalue weighted by molar-refractivity contribution is 9.09. The second kappa shape index (κ2) is 5.76. The number of benzene rings is 2. The molecule has 0 N–H and O–H groups in total. The Morgan fingerprint density at radius 2 is 1.95 bits per heavy atom. The lowest BCUT2D eigenvalue weighted by Gasteiger charge is -2.20. The Morgan fingerprint density at radius 1 is 1.14 bits per heavy atom. The summed E-state index contributed by atoms with van der Waals surface area (Å²) in [5.74, 6) is -0.149. The fourth-order valence-electron chi connectivity index (χ4n) is 2.59. The molecule has 0 amide bonds. The van der Waals surface area contributed by atoms with E-state index < -0.39 is 11.6 Å². The summed E-state index contributed by atoms with van der Waals surface area (Å²) in [4.78, 5) is -0.302. The molecule has 1 heterocycles. The van der Waals surface area contributed by atoms with Gasteiger partial charge in [0.05, 0.1) is 11.4 Å². The SMILES string of the molecule is Cc1cc(C(Br)c2ccc3c(c2)CCCO3)c(F)cc1F. The van der Waals surface area contributed by atoms with Crippen molar-refractivity contribution >= 4 is 15.9 Å².